The van der Waals surface area contributed by atoms with Gasteiger partial charge in [0.15, 0.2) is 15.0 Å². The quantitative estimate of drug-likeness (QED) is 0.912. The fraction of sp³-hybridized carbons (Fsp3) is 0.462. The van der Waals surface area contributed by atoms with E-state index >= 15 is 0 Å². The Hall–Kier alpha value is -1.21. The third-order valence-electron chi connectivity index (χ3n) is 3.71. The van der Waals surface area contributed by atoms with Gasteiger partial charge in [0.2, 0.25) is 0 Å². The Bertz CT molecular complexity index is 628. The van der Waals surface area contributed by atoms with Gasteiger partial charge in [-0.15, -0.1) is 0 Å². The van der Waals surface area contributed by atoms with Crippen LogP contribution >= 0.6 is 11.8 Å². The highest BCUT2D eigenvalue weighted by Crippen LogP contribution is 2.38. The molecular weight excluding hydrogens is 296 g/mol. The zero-order valence-corrected chi connectivity index (χ0v) is 12.7. The molecule has 2 unspecified atom stereocenters. The normalized spacial score (nSPS) is 27.6. The third kappa shape index (κ3) is 2.52. The fourth-order valence-corrected chi connectivity index (χ4v) is 6.51. The molecule has 7 heteroatoms. The van der Waals surface area contributed by atoms with Gasteiger partial charge in [0.25, 0.3) is 0 Å². The lowest BCUT2D eigenvalue weighted by Gasteiger charge is -2.23. The molecule has 0 aliphatic carbocycles. The van der Waals surface area contributed by atoms with E-state index < -0.39 is 9.84 Å². The molecule has 1 N–H and O–H groups in total. The molecule has 108 valence electrons. The minimum absolute atomic E-state index is 0.0192. The van der Waals surface area contributed by atoms with Crippen LogP contribution in [0.25, 0.3) is 0 Å². The molecule has 2 saturated heterocycles. The van der Waals surface area contributed by atoms with Crippen LogP contribution < -0.4 is 4.74 Å². The van der Waals surface area contributed by atoms with Gasteiger partial charge >= 0.3 is 0 Å². The lowest BCUT2D eigenvalue weighted by molar-refractivity contribution is 0.349. The second-order valence-electron chi connectivity index (χ2n) is 5.08. The van der Waals surface area contributed by atoms with E-state index in [2.05, 4.69) is 0 Å². The fourth-order valence-electron chi connectivity index (χ4n) is 2.68. The Labute approximate surface area is 122 Å². The summed E-state index contributed by atoms with van der Waals surface area (Å²) < 4.78 is 28.5. The van der Waals surface area contributed by atoms with E-state index in [1.165, 1.54) is 11.8 Å². The number of amidine groups is 1. The van der Waals surface area contributed by atoms with Gasteiger partial charge in [-0.25, -0.2) is 8.42 Å². The molecule has 20 heavy (non-hydrogen) atoms. The van der Waals surface area contributed by atoms with Gasteiger partial charge in [-0.1, -0.05) is 23.9 Å². The molecule has 1 aromatic carbocycles. The molecule has 2 atom stereocenters. The van der Waals surface area contributed by atoms with Crippen LogP contribution in [0.2, 0.25) is 0 Å². The molecule has 0 radical (unpaired) electrons. The Morgan fingerprint density at radius 3 is 2.70 bits per heavy atom. The molecular formula is C13H16N2O3S2. The summed E-state index contributed by atoms with van der Waals surface area (Å²) in [6.45, 7) is 0.576. The van der Waals surface area contributed by atoms with Crippen LogP contribution in [0.3, 0.4) is 0 Å². The molecule has 3 rings (SSSR count). The molecule has 2 heterocycles. The average Bonchev–Trinajstić information content (AvgIpc) is 2.84. The largest absolute Gasteiger partial charge is 0.497 e. The van der Waals surface area contributed by atoms with Crippen LogP contribution in [0.5, 0.6) is 5.75 Å². The van der Waals surface area contributed by atoms with Crippen LogP contribution in [-0.2, 0) is 16.4 Å². The summed E-state index contributed by atoms with van der Waals surface area (Å²) >= 11 is 1.38. The standard InChI is InChI=1S/C13H16N2O3S2/c1-18-10-4-2-9(3-5-10)6-15-11-7-20(16,17)8-12(11)19-13(15)14/h2-5,11-12,14H,6-8H2,1H3. The second kappa shape index (κ2) is 4.96. The first kappa shape index (κ1) is 13.8. The summed E-state index contributed by atoms with van der Waals surface area (Å²) in [5.41, 5.74) is 1.06. The van der Waals surface area contributed by atoms with E-state index in [9.17, 15) is 8.42 Å². The number of nitrogens with zero attached hydrogens (tertiary/aromatic N) is 1. The van der Waals surface area contributed by atoms with Crippen molar-refractivity contribution in [1.29, 1.82) is 5.41 Å². The van der Waals surface area contributed by atoms with Gasteiger partial charge in [0.05, 0.1) is 24.7 Å². The predicted molar refractivity (Wildman–Crippen MR) is 80.1 cm³/mol. The number of methoxy groups -OCH3 is 1. The van der Waals surface area contributed by atoms with Crippen molar-refractivity contribution in [3.05, 3.63) is 29.8 Å². The number of rotatable bonds is 3. The number of hydrogen-bond donors (Lipinski definition) is 1. The highest BCUT2D eigenvalue weighted by Gasteiger charge is 2.47. The predicted octanol–water partition coefficient (Wildman–Crippen LogP) is 1.34. The SMILES string of the molecule is COc1ccc(CN2C(=N)SC3CS(=O)(=O)CC32)cc1. The van der Waals surface area contributed by atoms with Gasteiger partial charge in [0, 0.05) is 11.8 Å². The monoisotopic (exact) mass is 312 g/mol. The van der Waals surface area contributed by atoms with Crippen molar-refractivity contribution in [3.63, 3.8) is 0 Å². The van der Waals surface area contributed by atoms with Crippen molar-refractivity contribution in [1.82, 2.24) is 4.90 Å². The molecule has 0 spiro atoms. The maximum atomic E-state index is 11.7. The molecule has 0 bridgehead atoms. The van der Waals surface area contributed by atoms with Gasteiger partial charge in [0.1, 0.15) is 5.75 Å². The zero-order valence-electron chi connectivity index (χ0n) is 11.1. The second-order valence-corrected chi connectivity index (χ2v) is 8.46. The Kier molecular flexibility index (Phi) is 3.41. The third-order valence-corrected chi connectivity index (χ3v) is 6.88. The van der Waals surface area contributed by atoms with Gasteiger partial charge < -0.3 is 9.64 Å². The van der Waals surface area contributed by atoms with E-state index in [0.29, 0.717) is 11.7 Å². The number of fused-ring (bicyclic) bond motifs is 1. The highest BCUT2D eigenvalue weighted by atomic mass is 32.2. The molecule has 2 fully saturated rings. The van der Waals surface area contributed by atoms with Crippen molar-refractivity contribution in [3.8, 4) is 5.75 Å². The lowest BCUT2D eigenvalue weighted by atomic mass is 10.1. The number of ether oxygens (including phenoxy) is 1. The Morgan fingerprint density at radius 2 is 2.05 bits per heavy atom. The summed E-state index contributed by atoms with van der Waals surface area (Å²) in [5.74, 6) is 1.16. The maximum absolute atomic E-state index is 11.7. The summed E-state index contributed by atoms with van der Waals surface area (Å²) in [6, 6.07) is 7.61. The number of hydrogen-bond acceptors (Lipinski definition) is 5. The zero-order chi connectivity index (χ0) is 14.3. The minimum Gasteiger partial charge on any atom is -0.497 e. The van der Waals surface area contributed by atoms with E-state index in [4.69, 9.17) is 10.1 Å². The van der Waals surface area contributed by atoms with Gasteiger partial charge in [-0.3, -0.25) is 5.41 Å². The van der Waals surface area contributed by atoms with Crippen LogP contribution in [0, 0.1) is 5.41 Å². The minimum atomic E-state index is -2.94. The lowest BCUT2D eigenvalue weighted by Crippen LogP contribution is -2.36. The molecule has 0 amide bonds. The van der Waals surface area contributed by atoms with Crippen molar-refractivity contribution >= 4 is 26.8 Å². The number of nitrogens with one attached hydrogen (secondary N) is 1. The van der Waals surface area contributed by atoms with Crippen molar-refractivity contribution in [2.75, 3.05) is 18.6 Å². The summed E-state index contributed by atoms with van der Waals surface area (Å²) in [5, 5.41) is 8.53. The average molecular weight is 312 g/mol. The first-order valence-corrected chi connectivity index (χ1v) is 9.04. The number of sulfone groups is 1. The molecule has 5 nitrogen and oxygen atoms in total. The van der Waals surface area contributed by atoms with E-state index in [-0.39, 0.29) is 22.8 Å². The van der Waals surface area contributed by atoms with E-state index in [1.807, 2.05) is 29.2 Å². The van der Waals surface area contributed by atoms with Crippen LogP contribution in [-0.4, -0.2) is 48.4 Å². The summed E-state index contributed by atoms with van der Waals surface area (Å²) in [4.78, 5) is 1.90. The van der Waals surface area contributed by atoms with Crippen LogP contribution in [0.1, 0.15) is 5.56 Å². The molecule has 0 saturated carbocycles. The summed E-state index contributed by atoms with van der Waals surface area (Å²) in [7, 11) is -1.32. The molecule has 2 aliphatic heterocycles. The highest BCUT2D eigenvalue weighted by molar-refractivity contribution is 8.15. The first-order chi connectivity index (χ1) is 9.48. The van der Waals surface area contributed by atoms with Crippen molar-refractivity contribution in [2.24, 2.45) is 0 Å². The molecule has 0 aromatic heterocycles. The number of benzene rings is 1. The number of thioether (sulfide) groups is 1. The van der Waals surface area contributed by atoms with E-state index in [0.717, 1.165) is 11.3 Å². The molecule has 2 aliphatic rings. The van der Waals surface area contributed by atoms with E-state index in [1.54, 1.807) is 7.11 Å². The Morgan fingerprint density at radius 1 is 1.35 bits per heavy atom. The van der Waals surface area contributed by atoms with Crippen molar-refractivity contribution in [2.45, 2.75) is 17.8 Å². The smallest absolute Gasteiger partial charge is 0.157 e. The Balaban J connectivity index is 1.77. The maximum Gasteiger partial charge on any atom is 0.157 e. The molecule has 1 aromatic rings. The summed E-state index contributed by atoms with van der Waals surface area (Å²) in [6.07, 6.45) is 0. The van der Waals surface area contributed by atoms with Gasteiger partial charge in [-0.2, -0.15) is 0 Å². The first-order valence-electron chi connectivity index (χ1n) is 6.34. The van der Waals surface area contributed by atoms with Crippen molar-refractivity contribution < 1.29 is 13.2 Å². The van der Waals surface area contributed by atoms with Crippen LogP contribution in [0.4, 0.5) is 0 Å². The van der Waals surface area contributed by atoms with Gasteiger partial charge in [-0.05, 0) is 17.7 Å². The topological polar surface area (TPSA) is 70.5 Å². The van der Waals surface area contributed by atoms with Crippen LogP contribution in [0.15, 0.2) is 24.3 Å².